The van der Waals surface area contributed by atoms with Crippen molar-refractivity contribution in [3.8, 4) is 0 Å². The molecule has 1 aliphatic heterocycles. The van der Waals surface area contributed by atoms with Gasteiger partial charge >= 0.3 is 0 Å². The zero-order valence-electron chi connectivity index (χ0n) is 24.6. The van der Waals surface area contributed by atoms with Gasteiger partial charge in [-0.3, -0.25) is 28.9 Å². The number of hydrogen-bond acceptors (Lipinski definition) is 8. The summed E-state index contributed by atoms with van der Waals surface area (Å²) in [6.07, 6.45) is 1.43. The summed E-state index contributed by atoms with van der Waals surface area (Å²) >= 11 is 0. The van der Waals surface area contributed by atoms with Crippen LogP contribution < -0.4 is 15.5 Å². The highest BCUT2D eigenvalue weighted by atomic mass is 16.2. The largest absolute Gasteiger partial charge is 0.347 e. The summed E-state index contributed by atoms with van der Waals surface area (Å²) in [6, 6.07) is 13.9. The second-order valence-corrected chi connectivity index (χ2v) is 11.0. The van der Waals surface area contributed by atoms with Gasteiger partial charge in [0.25, 0.3) is 0 Å². The SMILES string of the molecule is CC[C@H](C)[C@H](CC(=O)Cc1ccccc1)C(=O)NCC(=O)N1c2cc(CC(C)=O)ccc2C[C@H]1C(=O)NCc1nn[nH]n1. The highest BCUT2D eigenvalue weighted by molar-refractivity contribution is 6.05. The van der Waals surface area contributed by atoms with Gasteiger partial charge in [-0.25, -0.2) is 0 Å². The van der Waals surface area contributed by atoms with E-state index < -0.39 is 23.8 Å². The van der Waals surface area contributed by atoms with Gasteiger partial charge < -0.3 is 10.6 Å². The number of H-pyrrole nitrogens is 1. The van der Waals surface area contributed by atoms with Crippen LogP contribution in [0.1, 0.15) is 56.1 Å². The lowest BCUT2D eigenvalue weighted by Gasteiger charge is -2.26. The molecular formula is C31H37N7O5. The zero-order valence-corrected chi connectivity index (χ0v) is 24.6. The number of amides is 3. The Labute approximate surface area is 250 Å². The number of fused-ring (bicyclic) bond motifs is 1. The number of benzene rings is 2. The number of carbonyl (C=O) groups is 5. The van der Waals surface area contributed by atoms with E-state index in [1.165, 1.54) is 11.8 Å². The predicted octanol–water partition coefficient (Wildman–Crippen LogP) is 1.89. The van der Waals surface area contributed by atoms with Crippen molar-refractivity contribution in [1.29, 1.82) is 0 Å². The molecule has 1 aromatic heterocycles. The maximum atomic E-state index is 13.7. The molecule has 3 amide bonds. The molecule has 0 aliphatic carbocycles. The van der Waals surface area contributed by atoms with Gasteiger partial charge in [0, 0.05) is 37.3 Å². The Hall–Kier alpha value is -4.74. The van der Waals surface area contributed by atoms with Crippen LogP contribution in [0.3, 0.4) is 0 Å². The molecule has 43 heavy (non-hydrogen) atoms. The van der Waals surface area contributed by atoms with Gasteiger partial charge in [0.05, 0.1) is 13.1 Å². The third-order valence-electron chi connectivity index (χ3n) is 7.74. The minimum Gasteiger partial charge on any atom is -0.347 e. The third-order valence-corrected chi connectivity index (χ3v) is 7.74. The highest BCUT2D eigenvalue weighted by Crippen LogP contribution is 2.34. The fraction of sp³-hybridized carbons (Fsp3) is 0.419. The molecule has 2 aromatic carbocycles. The molecule has 2 heterocycles. The van der Waals surface area contributed by atoms with Crippen LogP contribution in [-0.2, 0) is 49.8 Å². The van der Waals surface area contributed by atoms with E-state index in [9.17, 15) is 24.0 Å². The van der Waals surface area contributed by atoms with Crippen molar-refractivity contribution in [1.82, 2.24) is 31.3 Å². The van der Waals surface area contributed by atoms with Gasteiger partial charge in [-0.05, 0) is 35.6 Å². The molecule has 0 saturated carbocycles. The second-order valence-electron chi connectivity index (χ2n) is 11.0. The zero-order chi connectivity index (χ0) is 30.9. The molecule has 12 nitrogen and oxygen atoms in total. The lowest BCUT2D eigenvalue weighted by atomic mass is 9.85. The van der Waals surface area contributed by atoms with Crippen LogP contribution in [0.15, 0.2) is 48.5 Å². The van der Waals surface area contributed by atoms with E-state index in [2.05, 4.69) is 31.3 Å². The molecule has 12 heteroatoms. The molecule has 3 aromatic rings. The summed E-state index contributed by atoms with van der Waals surface area (Å²) in [6.45, 7) is 5.01. The van der Waals surface area contributed by atoms with Crippen LogP contribution >= 0.6 is 0 Å². The smallest absolute Gasteiger partial charge is 0.247 e. The fourth-order valence-electron chi connectivity index (χ4n) is 5.29. The molecule has 226 valence electrons. The summed E-state index contributed by atoms with van der Waals surface area (Å²) in [4.78, 5) is 66.3. The number of aromatic amines is 1. The summed E-state index contributed by atoms with van der Waals surface area (Å²) < 4.78 is 0. The Morgan fingerprint density at radius 3 is 2.47 bits per heavy atom. The van der Waals surface area contributed by atoms with Gasteiger partial charge in [-0.2, -0.15) is 5.21 Å². The average Bonchev–Trinajstić information content (AvgIpc) is 3.65. The summed E-state index contributed by atoms with van der Waals surface area (Å²) in [5.41, 5.74) is 2.89. The van der Waals surface area contributed by atoms with Crippen molar-refractivity contribution in [2.75, 3.05) is 11.4 Å². The number of aromatic nitrogens is 4. The topological polar surface area (TPSA) is 167 Å². The van der Waals surface area contributed by atoms with Crippen molar-refractivity contribution >= 4 is 35.0 Å². The van der Waals surface area contributed by atoms with E-state index in [0.717, 1.165) is 16.7 Å². The number of ketones is 2. The monoisotopic (exact) mass is 587 g/mol. The fourth-order valence-corrected chi connectivity index (χ4v) is 5.29. The van der Waals surface area contributed by atoms with E-state index in [1.807, 2.05) is 56.3 Å². The van der Waals surface area contributed by atoms with Gasteiger partial charge in [-0.1, -0.05) is 67.9 Å². The molecule has 3 atom stereocenters. The molecule has 1 aliphatic rings. The first-order chi connectivity index (χ1) is 20.7. The van der Waals surface area contributed by atoms with Crippen molar-refractivity contribution in [2.24, 2.45) is 11.8 Å². The third kappa shape index (κ3) is 8.18. The first-order valence-corrected chi connectivity index (χ1v) is 14.4. The Balaban J connectivity index is 1.48. The highest BCUT2D eigenvalue weighted by Gasteiger charge is 2.39. The number of carbonyl (C=O) groups excluding carboxylic acids is 5. The van der Waals surface area contributed by atoms with Crippen LogP contribution in [0, 0.1) is 11.8 Å². The molecule has 0 unspecified atom stereocenters. The van der Waals surface area contributed by atoms with E-state index in [1.54, 1.807) is 6.07 Å². The van der Waals surface area contributed by atoms with E-state index in [4.69, 9.17) is 0 Å². The summed E-state index contributed by atoms with van der Waals surface area (Å²) in [5, 5.41) is 18.9. The van der Waals surface area contributed by atoms with Crippen LogP contribution in [0.2, 0.25) is 0 Å². The normalized spacial score (nSPS) is 15.3. The first kappa shape index (κ1) is 31.2. The second kappa shape index (κ2) is 14.4. The molecule has 0 bridgehead atoms. The lowest BCUT2D eigenvalue weighted by Crippen LogP contribution is -2.51. The Morgan fingerprint density at radius 2 is 1.79 bits per heavy atom. The standard InChI is InChI=1S/C31H37N7O5/c1-4-19(2)25(16-24(40)13-21-8-6-5-7-9-21)30(42)33-18-29(41)38-26-14-22(12-20(3)39)10-11-23(26)15-27(38)31(43)32-17-28-34-36-37-35-28/h5-11,14,19,25,27H,4,12-13,15-18H2,1-3H3,(H,32,43)(H,33,42)(H,34,35,36,37)/t19-,25-,27-/m0/s1. The van der Waals surface area contributed by atoms with Crippen molar-refractivity contribution in [3.63, 3.8) is 0 Å². The van der Waals surface area contributed by atoms with Crippen molar-refractivity contribution < 1.29 is 24.0 Å². The Kier molecular flexibility index (Phi) is 10.5. The van der Waals surface area contributed by atoms with Gasteiger partial charge in [0.1, 0.15) is 17.6 Å². The molecule has 0 radical (unpaired) electrons. The Morgan fingerprint density at radius 1 is 1.02 bits per heavy atom. The van der Waals surface area contributed by atoms with E-state index >= 15 is 0 Å². The molecule has 0 saturated heterocycles. The van der Waals surface area contributed by atoms with Gasteiger partial charge in [0.2, 0.25) is 17.7 Å². The van der Waals surface area contributed by atoms with E-state index in [0.29, 0.717) is 12.1 Å². The van der Waals surface area contributed by atoms with Crippen molar-refractivity contribution in [2.45, 2.75) is 65.5 Å². The minimum atomic E-state index is -0.878. The van der Waals surface area contributed by atoms with Crippen LogP contribution in [-0.4, -0.2) is 62.5 Å². The minimum absolute atomic E-state index is 0.0180. The van der Waals surface area contributed by atoms with Crippen LogP contribution in [0.25, 0.3) is 0 Å². The van der Waals surface area contributed by atoms with E-state index in [-0.39, 0.29) is 68.0 Å². The summed E-state index contributed by atoms with van der Waals surface area (Å²) in [7, 11) is 0. The lowest BCUT2D eigenvalue weighted by molar-refractivity contribution is -0.132. The number of anilines is 1. The summed E-state index contributed by atoms with van der Waals surface area (Å²) in [5.74, 6) is -1.76. The maximum absolute atomic E-state index is 13.7. The number of nitrogens with zero attached hydrogens (tertiary/aromatic N) is 4. The Bertz CT molecular complexity index is 1460. The van der Waals surface area contributed by atoms with Crippen molar-refractivity contribution in [3.05, 3.63) is 71.0 Å². The number of rotatable bonds is 14. The molecular weight excluding hydrogens is 550 g/mol. The number of nitrogens with one attached hydrogen (secondary N) is 3. The van der Waals surface area contributed by atoms with Crippen LogP contribution in [0.4, 0.5) is 5.69 Å². The van der Waals surface area contributed by atoms with Crippen LogP contribution in [0.5, 0.6) is 0 Å². The molecule has 0 fully saturated rings. The maximum Gasteiger partial charge on any atom is 0.247 e. The predicted molar refractivity (Wildman–Crippen MR) is 158 cm³/mol. The first-order valence-electron chi connectivity index (χ1n) is 14.4. The average molecular weight is 588 g/mol. The molecule has 4 rings (SSSR count). The van der Waals surface area contributed by atoms with Gasteiger partial charge in [-0.15, -0.1) is 10.2 Å². The van der Waals surface area contributed by atoms with Gasteiger partial charge in [0.15, 0.2) is 5.82 Å². The number of Topliss-reactive ketones (excluding diaryl/α,β-unsaturated/α-hetero) is 2. The quantitative estimate of drug-likeness (QED) is 0.257. The number of tetrazole rings is 1. The number of hydrogen-bond donors (Lipinski definition) is 3. The molecule has 3 N–H and O–H groups in total. The molecule has 0 spiro atoms.